The molecule has 104 valence electrons. The maximum atomic E-state index is 9.58. The number of aromatic nitrogens is 1. The van der Waals surface area contributed by atoms with Crippen molar-refractivity contribution in [3.8, 4) is 11.5 Å². The van der Waals surface area contributed by atoms with Gasteiger partial charge in [-0.25, -0.2) is 4.98 Å². The fourth-order valence-electron chi connectivity index (χ4n) is 2.15. The quantitative estimate of drug-likeness (QED) is 0.783. The first-order chi connectivity index (χ1) is 10.3. The van der Waals surface area contributed by atoms with E-state index in [2.05, 4.69) is 11.1 Å². The van der Waals surface area contributed by atoms with E-state index in [-0.39, 0.29) is 5.75 Å². The highest BCUT2D eigenvalue weighted by Crippen LogP contribution is 2.27. The van der Waals surface area contributed by atoms with Crippen LogP contribution in [-0.4, -0.2) is 17.2 Å². The number of para-hydroxylation sites is 1. The summed E-state index contributed by atoms with van der Waals surface area (Å²) in [6.45, 7) is 0. The van der Waals surface area contributed by atoms with E-state index in [9.17, 15) is 5.11 Å². The summed E-state index contributed by atoms with van der Waals surface area (Å²) in [6, 6.07) is 17.3. The first-order valence-corrected chi connectivity index (χ1v) is 6.67. The van der Waals surface area contributed by atoms with Crippen molar-refractivity contribution >= 4 is 23.1 Å². The second-order valence-corrected chi connectivity index (χ2v) is 4.69. The standard InChI is InChI=1S/C18H15NO2/c1-21-18-12-13(7-11-17(18)20)6-9-15-10-8-14-4-2-3-5-16(14)19-15/h2-12,20H,1H3. The van der Waals surface area contributed by atoms with E-state index < -0.39 is 0 Å². The van der Waals surface area contributed by atoms with Crippen LogP contribution in [0.1, 0.15) is 11.3 Å². The van der Waals surface area contributed by atoms with Crippen molar-refractivity contribution in [3.63, 3.8) is 0 Å². The van der Waals surface area contributed by atoms with Gasteiger partial charge in [-0.15, -0.1) is 0 Å². The number of rotatable bonds is 3. The van der Waals surface area contributed by atoms with Crippen molar-refractivity contribution in [2.24, 2.45) is 0 Å². The predicted molar refractivity (Wildman–Crippen MR) is 85.3 cm³/mol. The zero-order chi connectivity index (χ0) is 14.7. The molecule has 3 heteroatoms. The molecule has 2 aromatic carbocycles. The molecule has 0 saturated heterocycles. The fraction of sp³-hybridized carbons (Fsp3) is 0.0556. The van der Waals surface area contributed by atoms with Gasteiger partial charge in [0.15, 0.2) is 11.5 Å². The van der Waals surface area contributed by atoms with Crippen LogP contribution in [0.5, 0.6) is 11.5 Å². The Balaban J connectivity index is 1.90. The van der Waals surface area contributed by atoms with Crippen molar-refractivity contribution in [1.29, 1.82) is 0 Å². The van der Waals surface area contributed by atoms with E-state index in [1.807, 2.05) is 48.6 Å². The monoisotopic (exact) mass is 277 g/mol. The van der Waals surface area contributed by atoms with Crippen LogP contribution in [0.15, 0.2) is 54.6 Å². The first-order valence-electron chi connectivity index (χ1n) is 6.67. The summed E-state index contributed by atoms with van der Waals surface area (Å²) in [5.41, 5.74) is 2.81. The highest BCUT2D eigenvalue weighted by Gasteiger charge is 2.00. The number of ether oxygens (including phenoxy) is 1. The fourth-order valence-corrected chi connectivity index (χ4v) is 2.15. The number of hydrogen-bond donors (Lipinski definition) is 1. The lowest BCUT2D eigenvalue weighted by Gasteiger charge is -2.03. The minimum Gasteiger partial charge on any atom is -0.504 e. The Morgan fingerprint density at radius 1 is 1.00 bits per heavy atom. The van der Waals surface area contributed by atoms with Crippen LogP contribution in [-0.2, 0) is 0 Å². The van der Waals surface area contributed by atoms with Crippen LogP contribution in [0.4, 0.5) is 0 Å². The predicted octanol–water partition coefficient (Wildman–Crippen LogP) is 4.12. The van der Waals surface area contributed by atoms with Crippen LogP contribution in [0.3, 0.4) is 0 Å². The summed E-state index contributed by atoms with van der Waals surface area (Å²) < 4.78 is 5.10. The van der Waals surface area contributed by atoms with Gasteiger partial charge in [0, 0.05) is 5.39 Å². The van der Waals surface area contributed by atoms with Gasteiger partial charge in [0.05, 0.1) is 18.3 Å². The number of fused-ring (bicyclic) bond motifs is 1. The molecule has 1 aromatic heterocycles. The Morgan fingerprint density at radius 3 is 2.71 bits per heavy atom. The summed E-state index contributed by atoms with van der Waals surface area (Å²) >= 11 is 0. The molecule has 0 bridgehead atoms. The highest BCUT2D eigenvalue weighted by atomic mass is 16.5. The van der Waals surface area contributed by atoms with Crippen molar-refractivity contribution in [1.82, 2.24) is 4.98 Å². The Hall–Kier alpha value is -2.81. The average Bonchev–Trinajstić information content (AvgIpc) is 2.54. The van der Waals surface area contributed by atoms with Crippen molar-refractivity contribution in [2.45, 2.75) is 0 Å². The largest absolute Gasteiger partial charge is 0.504 e. The minimum atomic E-state index is 0.137. The molecule has 3 aromatic rings. The number of nitrogens with zero attached hydrogens (tertiary/aromatic N) is 1. The van der Waals surface area contributed by atoms with Crippen LogP contribution >= 0.6 is 0 Å². The van der Waals surface area contributed by atoms with Gasteiger partial charge in [-0.05, 0) is 35.9 Å². The zero-order valence-corrected chi connectivity index (χ0v) is 11.7. The Kier molecular flexibility index (Phi) is 3.56. The molecule has 21 heavy (non-hydrogen) atoms. The van der Waals surface area contributed by atoms with Crippen molar-refractivity contribution < 1.29 is 9.84 Å². The van der Waals surface area contributed by atoms with Gasteiger partial charge in [0.1, 0.15) is 0 Å². The molecule has 0 aliphatic heterocycles. The number of phenolic OH excluding ortho intramolecular Hbond substituents is 1. The summed E-state index contributed by atoms with van der Waals surface area (Å²) in [6.07, 6.45) is 3.89. The van der Waals surface area contributed by atoms with Gasteiger partial charge in [-0.1, -0.05) is 36.4 Å². The molecule has 3 nitrogen and oxygen atoms in total. The van der Waals surface area contributed by atoms with Gasteiger partial charge in [0.25, 0.3) is 0 Å². The average molecular weight is 277 g/mol. The van der Waals surface area contributed by atoms with Gasteiger partial charge in [-0.3, -0.25) is 0 Å². The molecular weight excluding hydrogens is 262 g/mol. The van der Waals surface area contributed by atoms with E-state index in [1.165, 1.54) is 7.11 Å². The summed E-state index contributed by atoms with van der Waals surface area (Å²) in [5.74, 6) is 0.599. The van der Waals surface area contributed by atoms with Crippen LogP contribution in [0, 0.1) is 0 Å². The number of hydrogen-bond acceptors (Lipinski definition) is 3. The maximum absolute atomic E-state index is 9.58. The van der Waals surface area contributed by atoms with E-state index >= 15 is 0 Å². The number of aromatic hydroxyl groups is 1. The molecule has 0 aliphatic carbocycles. The molecule has 0 unspecified atom stereocenters. The van der Waals surface area contributed by atoms with Gasteiger partial charge >= 0.3 is 0 Å². The molecule has 0 spiro atoms. The Bertz CT molecular complexity index is 809. The van der Waals surface area contributed by atoms with Gasteiger partial charge in [-0.2, -0.15) is 0 Å². The second-order valence-electron chi connectivity index (χ2n) is 4.69. The van der Waals surface area contributed by atoms with Crippen LogP contribution in [0.2, 0.25) is 0 Å². The topological polar surface area (TPSA) is 42.4 Å². The Morgan fingerprint density at radius 2 is 1.86 bits per heavy atom. The van der Waals surface area contributed by atoms with Crippen molar-refractivity contribution in [2.75, 3.05) is 7.11 Å². The second kappa shape index (κ2) is 5.67. The van der Waals surface area contributed by atoms with E-state index in [0.29, 0.717) is 5.75 Å². The van der Waals surface area contributed by atoms with Gasteiger partial charge in [0.2, 0.25) is 0 Å². The smallest absolute Gasteiger partial charge is 0.161 e. The number of methoxy groups -OCH3 is 1. The molecule has 0 atom stereocenters. The third-order valence-electron chi connectivity index (χ3n) is 3.27. The number of phenols is 1. The van der Waals surface area contributed by atoms with Crippen LogP contribution < -0.4 is 4.74 Å². The van der Waals surface area contributed by atoms with Crippen LogP contribution in [0.25, 0.3) is 23.1 Å². The number of pyridine rings is 1. The summed E-state index contributed by atoms with van der Waals surface area (Å²) in [5, 5.41) is 10.7. The lowest BCUT2D eigenvalue weighted by Crippen LogP contribution is -1.85. The summed E-state index contributed by atoms with van der Waals surface area (Å²) in [4.78, 5) is 4.58. The third kappa shape index (κ3) is 2.87. The molecule has 0 radical (unpaired) electrons. The molecule has 0 fully saturated rings. The Labute approximate surface area is 123 Å². The molecule has 0 aliphatic rings. The lowest BCUT2D eigenvalue weighted by atomic mass is 10.1. The van der Waals surface area contributed by atoms with Crippen molar-refractivity contribution in [3.05, 3.63) is 65.9 Å². The number of benzene rings is 2. The maximum Gasteiger partial charge on any atom is 0.161 e. The molecule has 0 saturated carbocycles. The normalized spacial score (nSPS) is 11.1. The first kappa shape index (κ1) is 13.2. The molecule has 3 rings (SSSR count). The van der Waals surface area contributed by atoms with E-state index in [0.717, 1.165) is 22.2 Å². The highest BCUT2D eigenvalue weighted by molar-refractivity contribution is 5.80. The summed E-state index contributed by atoms with van der Waals surface area (Å²) in [7, 11) is 1.54. The van der Waals surface area contributed by atoms with E-state index in [4.69, 9.17) is 4.74 Å². The SMILES string of the molecule is COc1cc(C=Cc2ccc3ccccc3n2)ccc1O. The minimum absolute atomic E-state index is 0.137. The molecule has 0 amide bonds. The molecule has 1 N–H and O–H groups in total. The lowest BCUT2D eigenvalue weighted by molar-refractivity contribution is 0.373. The molecule has 1 heterocycles. The molecular formula is C18H15NO2. The third-order valence-corrected chi connectivity index (χ3v) is 3.27. The zero-order valence-electron chi connectivity index (χ0n) is 11.7. The van der Waals surface area contributed by atoms with E-state index in [1.54, 1.807) is 12.1 Å². The van der Waals surface area contributed by atoms with Gasteiger partial charge < -0.3 is 9.84 Å².